The van der Waals surface area contributed by atoms with Gasteiger partial charge in [0, 0.05) is 24.0 Å². The van der Waals surface area contributed by atoms with Crippen molar-refractivity contribution in [1.29, 1.82) is 0 Å². The normalized spacial score (nSPS) is 20.4. The fourth-order valence-corrected chi connectivity index (χ4v) is 4.11. The van der Waals surface area contributed by atoms with Crippen molar-refractivity contribution in [3.05, 3.63) is 35.5 Å². The van der Waals surface area contributed by atoms with Gasteiger partial charge in [-0.2, -0.15) is 0 Å². The van der Waals surface area contributed by atoms with Crippen LogP contribution in [0.5, 0.6) is 0 Å². The first-order valence-corrected chi connectivity index (χ1v) is 10.5. The molecule has 0 fully saturated rings. The van der Waals surface area contributed by atoms with Gasteiger partial charge in [-0.3, -0.25) is 0 Å². The van der Waals surface area contributed by atoms with E-state index in [9.17, 15) is 9.59 Å². The Morgan fingerprint density at radius 1 is 1.24 bits per heavy atom. The molecule has 2 heterocycles. The second-order valence-electron chi connectivity index (χ2n) is 6.83. The van der Waals surface area contributed by atoms with Crippen molar-refractivity contribution in [3.63, 3.8) is 0 Å². The van der Waals surface area contributed by atoms with Gasteiger partial charge in [0.1, 0.15) is 6.61 Å². The van der Waals surface area contributed by atoms with Gasteiger partial charge in [0.2, 0.25) is 3.79 Å². The largest absolute Gasteiger partial charge is 0.467 e. The number of fused-ring (bicyclic) bond motifs is 3. The van der Waals surface area contributed by atoms with Gasteiger partial charge in [0.05, 0.1) is 12.8 Å². The van der Waals surface area contributed by atoms with Crippen LogP contribution in [0.3, 0.4) is 0 Å². The highest BCUT2D eigenvalue weighted by Crippen LogP contribution is 2.41. The summed E-state index contributed by atoms with van der Waals surface area (Å²) in [7, 11) is 1.31. The number of nitrogens with zero attached hydrogens (tertiary/aromatic N) is 1. The number of amides is 1. The van der Waals surface area contributed by atoms with Crippen molar-refractivity contribution in [3.8, 4) is 0 Å². The molecule has 1 N–H and O–H groups in total. The molecule has 1 aromatic heterocycles. The van der Waals surface area contributed by atoms with E-state index in [1.807, 2.05) is 24.3 Å². The standard InChI is InChI=1S/C19H20Cl4N2O4/c1-28-16(26)18(20)8-4-9-25(17(27)29-11-19(21,22)23)10-7-13-12-5-2-3-6-14(12)24-15(13)18/h2-3,5-6,24H,4,7-11H2,1H3. The number of rotatable bonds is 2. The predicted octanol–water partition coefficient (Wildman–Crippen LogP) is 4.92. The lowest BCUT2D eigenvalue weighted by Crippen LogP contribution is -2.36. The highest BCUT2D eigenvalue weighted by Gasteiger charge is 2.43. The summed E-state index contributed by atoms with van der Waals surface area (Å²) < 4.78 is 8.43. The number of hydrogen-bond acceptors (Lipinski definition) is 4. The maximum atomic E-state index is 12.6. The molecule has 1 atom stereocenters. The van der Waals surface area contributed by atoms with E-state index in [0.717, 1.165) is 16.5 Å². The average molecular weight is 482 g/mol. The van der Waals surface area contributed by atoms with Crippen LogP contribution in [0.15, 0.2) is 24.3 Å². The molecular formula is C19H20Cl4N2O4. The van der Waals surface area contributed by atoms with Crippen molar-refractivity contribution in [2.45, 2.75) is 27.9 Å². The summed E-state index contributed by atoms with van der Waals surface area (Å²) in [5.74, 6) is -0.542. The summed E-state index contributed by atoms with van der Waals surface area (Å²) >= 11 is 23.8. The highest BCUT2D eigenvalue weighted by molar-refractivity contribution is 6.67. The van der Waals surface area contributed by atoms with Crippen LogP contribution in [0, 0.1) is 0 Å². The van der Waals surface area contributed by atoms with Crippen molar-refractivity contribution in [2.75, 3.05) is 26.8 Å². The number of methoxy groups -OCH3 is 1. The molecule has 10 heteroatoms. The first-order valence-electron chi connectivity index (χ1n) is 9.01. The van der Waals surface area contributed by atoms with Crippen LogP contribution in [0.1, 0.15) is 24.1 Å². The van der Waals surface area contributed by atoms with Crippen LogP contribution in [-0.2, 0) is 25.6 Å². The highest BCUT2D eigenvalue weighted by atomic mass is 35.6. The number of para-hydroxylation sites is 1. The zero-order valence-electron chi connectivity index (χ0n) is 15.6. The molecular weight excluding hydrogens is 462 g/mol. The molecule has 0 radical (unpaired) electrons. The van der Waals surface area contributed by atoms with Crippen LogP contribution in [0.25, 0.3) is 10.9 Å². The maximum absolute atomic E-state index is 12.6. The quantitative estimate of drug-likeness (QED) is 0.488. The minimum Gasteiger partial charge on any atom is -0.467 e. The Morgan fingerprint density at radius 2 is 1.97 bits per heavy atom. The van der Waals surface area contributed by atoms with Crippen LogP contribution in [0.2, 0.25) is 0 Å². The number of nitrogens with one attached hydrogen (secondary N) is 1. The monoisotopic (exact) mass is 480 g/mol. The van der Waals surface area contributed by atoms with Crippen LogP contribution in [0.4, 0.5) is 4.79 Å². The van der Waals surface area contributed by atoms with Gasteiger partial charge < -0.3 is 19.4 Å². The van der Waals surface area contributed by atoms with Crippen LogP contribution in [-0.4, -0.2) is 52.5 Å². The molecule has 0 saturated heterocycles. The number of aromatic amines is 1. The van der Waals surface area contributed by atoms with E-state index in [0.29, 0.717) is 31.6 Å². The molecule has 1 aliphatic rings. The van der Waals surface area contributed by atoms with Gasteiger partial charge >= 0.3 is 12.1 Å². The molecule has 0 spiro atoms. The van der Waals surface area contributed by atoms with Gasteiger partial charge in [-0.05, 0) is 30.9 Å². The summed E-state index contributed by atoms with van der Waals surface area (Å²) in [4.78, 5) is 28.5. The average Bonchev–Trinajstić information content (AvgIpc) is 3.08. The number of ether oxygens (including phenoxy) is 2. The van der Waals surface area contributed by atoms with E-state index in [2.05, 4.69) is 4.98 Å². The van der Waals surface area contributed by atoms with Gasteiger partial charge in [-0.25, -0.2) is 9.59 Å². The molecule has 6 nitrogen and oxygen atoms in total. The molecule has 2 aromatic rings. The molecule has 158 valence electrons. The Kier molecular flexibility index (Phi) is 6.78. The predicted molar refractivity (Wildman–Crippen MR) is 114 cm³/mol. The third kappa shape index (κ3) is 4.88. The second-order valence-corrected chi connectivity index (χ2v) is 9.99. The molecule has 29 heavy (non-hydrogen) atoms. The zero-order valence-corrected chi connectivity index (χ0v) is 18.7. The summed E-state index contributed by atoms with van der Waals surface area (Å²) in [6.45, 7) is 0.348. The van der Waals surface area contributed by atoms with E-state index in [1.165, 1.54) is 12.0 Å². The summed E-state index contributed by atoms with van der Waals surface area (Å²) in [6.07, 6.45) is 0.608. The van der Waals surface area contributed by atoms with Crippen molar-refractivity contribution in [2.24, 2.45) is 0 Å². The smallest absolute Gasteiger partial charge is 0.409 e. The Bertz CT molecular complexity index is 911. The van der Waals surface area contributed by atoms with Crippen molar-refractivity contribution in [1.82, 2.24) is 9.88 Å². The Morgan fingerprint density at radius 3 is 2.66 bits per heavy atom. The SMILES string of the molecule is COC(=O)C1(Cl)CCCN(C(=O)OCC(Cl)(Cl)Cl)CCc2c1[nH]c1ccccc21. The van der Waals surface area contributed by atoms with Crippen molar-refractivity contribution < 1.29 is 19.1 Å². The van der Waals surface area contributed by atoms with E-state index in [1.54, 1.807) is 0 Å². The number of benzene rings is 1. The molecule has 0 saturated carbocycles. The van der Waals surface area contributed by atoms with Crippen LogP contribution >= 0.6 is 46.4 Å². The lowest BCUT2D eigenvalue weighted by molar-refractivity contribution is -0.144. The number of alkyl halides is 4. The second kappa shape index (κ2) is 8.80. The Balaban J connectivity index is 1.95. The maximum Gasteiger partial charge on any atom is 0.409 e. The number of esters is 1. The number of H-pyrrole nitrogens is 1. The summed E-state index contributed by atoms with van der Waals surface area (Å²) in [5.41, 5.74) is 2.32. The number of carbonyl (C=O) groups excluding carboxylic acids is 2. The first kappa shape index (κ1) is 22.3. The van der Waals surface area contributed by atoms with Crippen LogP contribution < -0.4 is 0 Å². The minimum atomic E-state index is -1.69. The number of aromatic nitrogens is 1. The summed E-state index contributed by atoms with van der Waals surface area (Å²) in [6, 6.07) is 7.66. The fourth-order valence-electron chi connectivity index (χ4n) is 3.58. The molecule has 3 rings (SSSR count). The fraction of sp³-hybridized carbons (Fsp3) is 0.474. The summed E-state index contributed by atoms with van der Waals surface area (Å²) in [5, 5.41) is 0.938. The van der Waals surface area contributed by atoms with Gasteiger partial charge in [0.25, 0.3) is 0 Å². The van der Waals surface area contributed by atoms with Crippen molar-refractivity contribution >= 4 is 69.4 Å². The van der Waals surface area contributed by atoms with Gasteiger partial charge in [-0.15, -0.1) is 0 Å². The lowest BCUT2D eigenvalue weighted by atomic mass is 9.94. The molecule has 1 aromatic carbocycles. The molecule has 0 bridgehead atoms. The Labute approximate surface area is 188 Å². The lowest BCUT2D eigenvalue weighted by Gasteiger charge is -2.24. The minimum absolute atomic E-state index is 0.273. The topological polar surface area (TPSA) is 71.6 Å². The molecule has 1 unspecified atom stereocenters. The molecule has 1 amide bonds. The number of halogens is 4. The van der Waals surface area contributed by atoms with E-state index >= 15 is 0 Å². The van der Waals surface area contributed by atoms with E-state index in [4.69, 9.17) is 55.9 Å². The third-order valence-electron chi connectivity index (χ3n) is 4.92. The zero-order chi connectivity index (χ0) is 21.2. The van der Waals surface area contributed by atoms with E-state index < -0.39 is 20.7 Å². The van der Waals surface area contributed by atoms with E-state index in [-0.39, 0.29) is 13.0 Å². The number of carbonyl (C=O) groups is 2. The Hall–Kier alpha value is -1.34. The number of hydrogen-bond donors (Lipinski definition) is 1. The molecule has 1 aliphatic heterocycles. The first-order chi connectivity index (χ1) is 13.7. The van der Waals surface area contributed by atoms with Gasteiger partial charge in [0.15, 0.2) is 4.87 Å². The molecule has 0 aliphatic carbocycles. The van der Waals surface area contributed by atoms with Gasteiger partial charge in [-0.1, -0.05) is 64.6 Å². The third-order valence-corrected chi connectivity index (χ3v) is 5.78.